The number of methoxy groups -OCH3 is 2. The van der Waals surface area contributed by atoms with Gasteiger partial charge in [0.25, 0.3) is 0 Å². The van der Waals surface area contributed by atoms with Crippen molar-refractivity contribution in [2.75, 3.05) is 14.2 Å². The summed E-state index contributed by atoms with van der Waals surface area (Å²) >= 11 is 0. The van der Waals surface area contributed by atoms with Gasteiger partial charge in [-0.2, -0.15) is 0 Å². The molecule has 0 atom stereocenters. The van der Waals surface area contributed by atoms with Crippen LogP contribution in [-0.2, 0) is 0 Å². The fraction of sp³-hybridized carbons (Fsp3) is 0.294. The fourth-order valence-corrected chi connectivity index (χ4v) is 1.84. The third kappa shape index (κ3) is 3.75. The summed E-state index contributed by atoms with van der Waals surface area (Å²) in [5, 5.41) is 0. The van der Waals surface area contributed by atoms with Crippen LogP contribution in [0.2, 0.25) is 0 Å². The Balaban J connectivity index is 0.000000861. The smallest absolute Gasteiger partial charge is 0.161 e. The first kappa shape index (κ1) is 15.1. The number of aryl methyl sites for hydroxylation is 1. The number of hydrogen-bond acceptors (Lipinski definition) is 2. The van der Waals surface area contributed by atoms with Crippen molar-refractivity contribution in [1.82, 2.24) is 0 Å². The molecule has 0 N–H and O–H groups in total. The zero-order valence-electron chi connectivity index (χ0n) is 12.4. The Kier molecular flexibility index (Phi) is 5.94. The average Bonchev–Trinajstić information content (AvgIpc) is 2.48. The maximum Gasteiger partial charge on any atom is 0.161 e. The molecule has 0 aliphatic rings. The summed E-state index contributed by atoms with van der Waals surface area (Å²) < 4.78 is 10.5. The lowest BCUT2D eigenvalue weighted by atomic mass is 10.0. The predicted octanol–water partition coefficient (Wildman–Crippen LogP) is 4.71. The van der Waals surface area contributed by atoms with Gasteiger partial charge in [0.05, 0.1) is 14.2 Å². The van der Waals surface area contributed by atoms with Gasteiger partial charge in [-0.3, -0.25) is 0 Å². The van der Waals surface area contributed by atoms with Gasteiger partial charge in [-0.1, -0.05) is 49.7 Å². The molecule has 0 amide bonds. The van der Waals surface area contributed by atoms with Crippen LogP contribution in [0.3, 0.4) is 0 Å². The van der Waals surface area contributed by atoms with Crippen LogP contribution in [0.4, 0.5) is 0 Å². The molecule has 2 nitrogen and oxygen atoms in total. The van der Waals surface area contributed by atoms with Gasteiger partial charge in [-0.15, -0.1) is 0 Å². The second kappa shape index (κ2) is 7.47. The van der Waals surface area contributed by atoms with E-state index in [2.05, 4.69) is 31.2 Å². The lowest BCUT2D eigenvalue weighted by Crippen LogP contribution is -1.90. The summed E-state index contributed by atoms with van der Waals surface area (Å²) in [6, 6.07) is 14.3. The molecule has 2 heteroatoms. The van der Waals surface area contributed by atoms with Crippen LogP contribution in [0.1, 0.15) is 19.4 Å². The topological polar surface area (TPSA) is 18.5 Å². The summed E-state index contributed by atoms with van der Waals surface area (Å²) in [6.45, 7) is 6.09. The first-order valence-corrected chi connectivity index (χ1v) is 6.53. The molecule has 0 aliphatic carbocycles. The molecule has 0 bridgehead atoms. The third-order valence-corrected chi connectivity index (χ3v) is 2.73. The number of ether oxygens (including phenoxy) is 2. The molecule has 0 aliphatic heterocycles. The molecule has 0 fully saturated rings. The second-order valence-corrected chi connectivity index (χ2v) is 3.94. The second-order valence-electron chi connectivity index (χ2n) is 3.94. The summed E-state index contributed by atoms with van der Waals surface area (Å²) in [4.78, 5) is 0. The largest absolute Gasteiger partial charge is 0.493 e. The molecule has 102 valence electrons. The molecular formula is C17H22O2. The Morgan fingerprint density at radius 2 is 1.37 bits per heavy atom. The molecule has 19 heavy (non-hydrogen) atoms. The minimum atomic E-state index is 0.754. The fourth-order valence-electron chi connectivity index (χ4n) is 1.84. The van der Waals surface area contributed by atoms with E-state index in [0.717, 1.165) is 17.1 Å². The highest BCUT2D eigenvalue weighted by Crippen LogP contribution is 2.32. The number of benzene rings is 2. The SMILES string of the molecule is CC.COc1ccc(-c2cccc(C)c2)cc1OC. The van der Waals surface area contributed by atoms with Crippen molar-refractivity contribution in [3.63, 3.8) is 0 Å². The molecule has 2 aromatic carbocycles. The van der Waals surface area contributed by atoms with E-state index in [9.17, 15) is 0 Å². The zero-order valence-corrected chi connectivity index (χ0v) is 12.4. The highest BCUT2D eigenvalue weighted by Gasteiger charge is 2.05. The van der Waals surface area contributed by atoms with Gasteiger partial charge in [-0.05, 0) is 30.2 Å². The maximum atomic E-state index is 5.30. The molecule has 0 radical (unpaired) electrons. The van der Waals surface area contributed by atoms with E-state index >= 15 is 0 Å². The van der Waals surface area contributed by atoms with E-state index in [-0.39, 0.29) is 0 Å². The molecular weight excluding hydrogens is 236 g/mol. The monoisotopic (exact) mass is 258 g/mol. The van der Waals surface area contributed by atoms with Gasteiger partial charge < -0.3 is 9.47 Å². The predicted molar refractivity (Wildman–Crippen MR) is 81.1 cm³/mol. The van der Waals surface area contributed by atoms with Crippen molar-refractivity contribution >= 4 is 0 Å². The molecule has 0 unspecified atom stereocenters. The molecule has 0 aromatic heterocycles. The van der Waals surface area contributed by atoms with Gasteiger partial charge in [0.1, 0.15) is 0 Å². The highest BCUT2D eigenvalue weighted by atomic mass is 16.5. The van der Waals surface area contributed by atoms with Crippen LogP contribution in [-0.4, -0.2) is 14.2 Å². The molecule has 2 rings (SSSR count). The zero-order chi connectivity index (χ0) is 14.3. The molecule has 0 spiro atoms. The summed E-state index contributed by atoms with van der Waals surface area (Å²) in [5.41, 5.74) is 3.56. The van der Waals surface area contributed by atoms with Crippen molar-refractivity contribution in [2.24, 2.45) is 0 Å². The first-order chi connectivity index (χ1) is 9.24. The quantitative estimate of drug-likeness (QED) is 0.794. The van der Waals surface area contributed by atoms with E-state index in [1.165, 1.54) is 11.1 Å². The Hall–Kier alpha value is -1.96. The molecule has 0 saturated heterocycles. The van der Waals surface area contributed by atoms with Gasteiger partial charge in [0, 0.05) is 0 Å². The lowest BCUT2D eigenvalue weighted by molar-refractivity contribution is 0.355. The van der Waals surface area contributed by atoms with Crippen LogP contribution in [0.5, 0.6) is 11.5 Å². The maximum absolute atomic E-state index is 5.30. The van der Waals surface area contributed by atoms with Crippen molar-refractivity contribution in [3.8, 4) is 22.6 Å². The van der Waals surface area contributed by atoms with Crippen LogP contribution in [0.15, 0.2) is 42.5 Å². The van der Waals surface area contributed by atoms with Crippen molar-refractivity contribution in [3.05, 3.63) is 48.0 Å². The average molecular weight is 258 g/mol. The minimum Gasteiger partial charge on any atom is -0.493 e. The lowest BCUT2D eigenvalue weighted by Gasteiger charge is -2.10. The molecule has 0 heterocycles. The van der Waals surface area contributed by atoms with E-state index in [0.29, 0.717) is 0 Å². The standard InChI is InChI=1S/C15H16O2.C2H6/c1-11-5-4-6-12(9-11)13-7-8-14(16-2)15(10-13)17-3;1-2/h4-10H,1-3H3;1-2H3. The van der Waals surface area contributed by atoms with Crippen LogP contribution < -0.4 is 9.47 Å². The Morgan fingerprint density at radius 1 is 0.737 bits per heavy atom. The van der Waals surface area contributed by atoms with Crippen molar-refractivity contribution in [2.45, 2.75) is 20.8 Å². The van der Waals surface area contributed by atoms with Crippen LogP contribution >= 0.6 is 0 Å². The van der Waals surface area contributed by atoms with Crippen LogP contribution in [0.25, 0.3) is 11.1 Å². The summed E-state index contributed by atoms with van der Waals surface area (Å²) in [7, 11) is 3.29. The van der Waals surface area contributed by atoms with Crippen molar-refractivity contribution in [1.29, 1.82) is 0 Å². The molecule has 0 saturated carbocycles. The summed E-state index contributed by atoms with van der Waals surface area (Å²) in [5.74, 6) is 1.51. The number of hydrogen-bond donors (Lipinski definition) is 0. The molecule has 2 aromatic rings. The Morgan fingerprint density at radius 3 is 1.95 bits per heavy atom. The van der Waals surface area contributed by atoms with Crippen molar-refractivity contribution < 1.29 is 9.47 Å². The van der Waals surface area contributed by atoms with Gasteiger partial charge in [0.15, 0.2) is 11.5 Å². The Labute approximate surface area is 116 Å². The number of rotatable bonds is 3. The van der Waals surface area contributed by atoms with E-state index in [1.807, 2.05) is 32.0 Å². The minimum absolute atomic E-state index is 0.754. The summed E-state index contributed by atoms with van der Waals surface area (Å²) in [6.07, 6.45) is 0. The Bertz CT molecular complexity index is 518. The van der Waals surface area contributed by atoms with Gasteiger partial charge in [-0.25, -0.2) is 0 Å². The normalized spacial score (nSPS) is 9.32. The van der Waals surface area contributed by atoms with E-state index in [1.54, 1.807) is 14.2 Å². The highest BCUT2D eigenvalue weighted by molar-refractivity contribution is 5.67. The first-order valence-electron chi connectivity index (χ1n) is 6.53. The van der Waals surface area contributed by atoms with E-state index < -0.39 is 0 Å². The third-order valence-electron chi connectivity index (χ3n) is 2.73. The van der Waals surface area contributed by atoms with E-state index in [4.69, 9.17) is 9.47 Å². The van der Waals surface area contributed by atoms with Crippen LogP contribution in [0, 0.1) is 6.92 Å². The van der Waals surface area contributed by atoms with Gasteiger partial charge >= 0.3 is 0 Å². The van der Waals surface area contributed by atoms with Gasteiger partial charge in [0.2, 0.25) is 0 Å².